The highest BCUT2D eigenvalue weighted by atomic mass is 19.1. The first-order valence-corrected chi connectivity index (χ1v) is 7.27. The van der Waals surface area contributed by atoms with Crippen LogP contribution in [0.25, 0.3) is 10.9 Å². The van der Waals surface area contributed by atoms with E-state index in [1.165, 1.54) is 16.7 Å². The molecule has 6 heteroatoms. The smallest absolute Gasteiger partial charge is 0.323 e. The second-order valence-corrected chi connectivity index (χ2v) is 5.65. The highest BCUT2D eigenvalue weighted by Gasteiger charge is 2.27. The molecular formula is C16H17FN2O3. The van der Waals surface area contributed by atoms with Gasteiger partial charge in [-0.25, -0.2) is 4.39 Å². The molecule has 0 unspecified atom stereocenters. The van der Waals surface area contributed by atoms with Crippen LogP contribution in [0.2, 0.25) is 0 Å². The zero-order valence-corrected chi connectivity index (χ0v) is 12.3. The van der Waals surface area contributed by atoms with Gasteiger partial charge in [-0.05, 0) is 43.0 Å². The third-order valence-electron chi connectivity index (χ3n) is 4.14. The van der Waals surface area contributed by atoms with E-state index in [1.807, 2.05) is 0 Å². The Morgan fingerprint density at radius 2 is 2.14 bits per heavy atom. The Balaban J connectivity index is 2.32. The topological polar surface area (TPSA) is 62.5 Å². The highest BCUT2D eigenvalue weighted by Crippen LogP contribution is 2.30. The minimum Gasteiger partial charge on any atom is -0.480 e. The van der Waals surface area contributed by atoms with Crippen LogP contribution in [0.3, 0.4) is 0 Å². The Morgan fingerprint density at radius 3 is 2.86 bits per heavy atom. The van der Waals surface area contributed by atoms with Crippen molar-refractivity contribution in [2.24, 2.45) is 0 Å². The molecule has 1 aliphatic rings. The summed E-state index contributed by atoms with van der Waals surface area (Å²) in [5, 5.41) is 9.80. The van der Waals surface area contributed by atoms with Gasteiger partial charge < -0.3 is 14.6 Å². The van der Waals surface area contributed by atoms with Gasteiger partial charge in [-0.3, -0.25) is 9.59 Å². The zero-order chi connectivity index (χ0) is 15.9. The summed E-state index contributed by atoms with van der Waals surface area (Å²) in [7, 11) is 1.71. The molecule has 22 heavy (non-hydrogen) atoms. The molecule has 2 aromatic rings. The lowest BCUT2D eigenvalue weighted by molar-refractivity contribution is -0.137. The second kappa shape index (κ2) is 5.44. The Kier molecular flexibility index (Phi) is 3.60. The van der Waals surface area contributed by atoms with Crippen molar-refractivity contribution in [1.29, 1.82) is 0 Å². The van der Waals surface area contributed by atoms with Crippen molar-refractivity contribution in [2.75, 3.05) is 13.6 Å². The molecule has 116 valence electrons. The Hall–Kier alpha value is -2.37. The third kappa shape index (κ3) is 2.34. The average molecular weight is 304 g/mol. The number of aromatic nitrogens is 1. The van der Waals surface area contributed by atoms with Crippen molar-refractivity contribution in [3.05, 3.63) is 35.3 Å². The van der Waals surface area contributed by atoms with Gasteiger partial charge in [-0.1, -0.05) is 0 Å². The minimum atomic E-state index is -1.03. The van der Waals surface area contributed by atoms with Crippen LogP contribution in [-0.4, -0.2) is 40.0 Å². The minimum absolute atomic E-state index is 0.201. The first-order valence-electron chi connectivity index (χ1n) is 7.27. The molecule has 1 N–H and O–H groups in total. The molecule has 0 saturated heterocycles. The Morgan fingerprint density at radius 1 is 1.36 bits per heavy atom. The van der Waals surface area contributed by atoms with E-state index in [-0.39, 0.29) is 18.3 Å². The molecule has 0 atom stereocenters. The van der Waals surface area contributed by atoms with E-state index in [4.69, 9.17) is 5.11 Å². The fourth-order valence-corrected chi connectivity index (χ4v) is 3.13. The molecule has 0 fully saturated rings. The molecule has 3 rings (SSSR count). The first-order chi connectivity index (χ1) is 10.5. The summed E-state index contributed by atoms with van der Waals surface area (Å²) in [6.07, 6.45) is 2.41. The largest absolute Gasteiger partial charge is 0.480 e. The van der Waals surface area contributed by atoms with Crippen LogP contribution in [0, 0.1) is 5.82 Å². The lowest BCUT2D eigenvalue weighted by Crippen LogP contribution is -2.32. The van der Waals surface area contributed by atoms with Crippen LogP contribution in [0.5, 0.6) is 0 Å². The van der Waals surface area contributed by atoms with Gasteiger partial charge in [0.15, 0.2) is 0 Å². The van der Waals surface area contributed by atoms with Crippen LogP contribution >= 0.6 is 0 Å². The molecule has 1 aromatic carbocycles. The van der Waals surface area contributed by atoms with Crippen LogP contribution in [0.4, 0.5) is 4.39 Å². The summed E-state index contributed by atoms with van der Waals surface area (Å²) >= 11 is 0. The van der Waals surface area contributed by atoms with Gasteiger partial charge in [0, 0.05) is 24.5 Å². The Bertz CT molecular complexity index is 766. The summed E-state index contributed by atoms with van der Waals surface area (Å²) in [6, 6.07) is 4.23. The van der Waals surface area contributed by atoms with Gasteiger partial charge in [0.25, 0.3) is 5.91 Å². The van der Waals surface area contributed by atoms with Crippen LogP contribution in [0.15, 0.2) is 18.2 Å². The maximum atomic E-state index is 13.6. The predicted molar refractivity (Wildman–Crippen MR) is 79.4 cm³/mol. The molecule has 0 saturated carbocycles. The number of rotatable bonds is 2. The molecule has 0 aliphatic carbocycles. The van der Waals surface area contributed by atoms with E-state index in [9.17, 15) is 14.0 Å². The van der Waals surface area contributed by atoms with Gasteiger partial charge in [0.1, 0.15) is 18.1 Å². The number of nitrogens with zero attached hydrogens (tertiary/aromatic N) is 2. The highest BCUT2D eigenvalue weighted by molar-refractivity contribution is 6.02. The number of hydrogen-bond donors (Lipinski definition) is 1. The van der Waals surface area contributed by atoms with Gasteiger partial charge in [0.2, 0.25) is 0 Å². The van der Waals surface area contributed by atoms with Crippen LogP contribution in [0.1, 0.15) is 28.9 Å². The number of aliphatic carboxylic acids is 1. The normalized spacial score (nSPS) is 15.5. The van der Waals surface area contributed by atoms with Crippen LogP contribution < -0.4 is 0 Å². The molecular weight excluding hydrogens is 287 g/mol. The SMILES string of the molecule is CN1CCCCc2c(n(CC(=O)O)c3ccc(F)cc23)C1=O. The lowest BCUT2D eigenvalue weighted by Gasteiger charge is -2.21. The zero-order valence-electron chi connectivity index (χ0n) is 12.3. The summed E-state index contributed by atoms with van der Waals surface area (Å²) in [5.41, 5.74) is 1.73. The van der Waals surface area contributed by atoms with Gasteiger partial charge in [-0.15, -0.1) is 0 Å². The number of aryl methyl sites for hydroxylation is 1. The number of halogens is 1. The van der Waals surface area contributed by atoms with E-state index >= 15 is 0 Å². The fourth-order valence-electron chi connectivity index (χ4n) is 3.13. The second-order valence-electron chi connectivity index (χ2n) is 5.65. The summed E-state index contributed by atoms with van der Waals surface area (Å²) < 4.78 is 15.1. The van der Waals surface area contributed by atoms with Gasteiger partial charge in [-0.2, -0.15) is 0 Å². The standard InChI is InChI=1S/C16H17FN2O3/c1-18-7-3-2-4-11-12-8-10(17)5-6-13(12)19(9-14(20)21)15(11)16(18)22/h5-6,8H,2-4,7,9H2,1H3,(H,20,21). The number of carboxylic acids is 1. The molecule has 5 nitrogen and oxygen atoms in total. The average Bonchev–Trinajstić information content (AvgIpc) is 2.73. The number of carbonyl (C=O) groups excluding carboxylic acids is 1. The fraction of sp³-hybridized carbons (Fsp3) is 0.375. The van der Waals surface area contributed by atoms with Gasteiger partial charge in [0.05, 0.1) is 0 Å². The number of amides is 1. The maximum absolute atomic E-state index is 13.6. The molecule has 1 amide bonds. The number of hydrogen-bond acceptors (Lipinski definition) is 2. The monoisotopic (exact) mass is 304 g/mol. The molecule has 0 radical (unpaired) electrons. The summed E-state index contributed by atoms with van der Waals surface area (Å²) in [5.74, 6) is -1.61. The van der Waals surface area contributed by atoms with E-state index in [0.29, 0.717) is 29.6 Å². The van der Waals surface area contributed by atoms with Crippen molar-refractivity contribution in [3.8, 4) is 0 Å². The first kappa shape index (κ1) is 14.6. The van der Waals surface area contributed by atoms with Crippen molar-refractivity contribution in [2.45, 2.75) is 25.8 Å². The van der Waals surface area contributed by atoms with E-state index in [2.05, 4.69) is 0 Å². The van der Waals surface area contributed by atoms with E-state index < -0.39 is 5.97 Å². The number of benzene rings is 1. The Labute approximate surface area is 126 Å². The maximum Gasteiger partial charge on any atom is 0.323 e. The van der Waals surface area contributed by atoms with Crippen molar-refractivity contribution in [3.63, 3.8) is 0 Å². The van der Waals surface area contributed by atoms with Crippen molar-refractivity contribution in [1.82, 2.24) is 9.47 Å². The van der Waals surface area contributed by atoms with E-state index in [0.717, 1.165) is 18.4 Å². The van der Waals surface area contributed by atoms with Crippen molar-refractivity contribution >= 4 is 22.8 Å². The summed E-state index contributed by atoms with van der Waals surface area (Å²) in [4.78, 5) is 25.5. The van der Waals surface area contributed by atoms with Crippen molar-refractivity contribution < 1.29 is 19.1 Å². The lowest BCUT2D eigenvalue weighted by atomic mass is 10.0. The van der Waals surface area contributed by atoms with Gasteiger partial charge >= 0.3 is 5.97 Å². The number of carboxylic acid groups (broad SMARTS) is 1. The van der Waals surface area contributed by atoms with E-state index in [1.54, 1.807) is 18.0 Å². The predicted octanol–water partition coefficient (Wildman–Crippen LogP) is 2.27. The summed E-state index contributed by atoms with van der Waals surface area (Å²) in [6.45, 7) is 0.332. The molecule has 0 spiro atoms. The number of fused-ring (bicyclic) bond motifs is 3. The molecule has 1 aliphatic heterocycles. The molecule has 1 aromatic heterocycles. The molecule has 2 heterocycles. The third-order valence-corrected chi connectivity index (χ3v) is 4.14. The quantitative estimate of drug-likeness (QED) is 0.926. The number of carbonyl (C=O) groups is 2. The molecule has 0 bridgehead atoms. The van der Waals surface area contributed by atoms with Crippen LogP contribution in [-0.2, 0) is 17.8 Å².